The lowest BCUT2D eigenvalue weighted by Gasteiger charge is -2.12. The Hall–Kier alpha value is -1.27. The number of hydrogen-bond acceptors (Lipinski definition) is 4. The van der Waals surface area contributed by atoms with Gasteiger partial charge in [-0.3, -0.25) is 0 Å². The second-order valence-electron chi connectivity index (χ2n) is 3.77. The molecule has 1 heterocycles. The molecule has 0 aromatic carbocycles. The van der Waals surface area contributed by atoms with Gasteiger partial charge in [0.15, 0.2) is 0 Å². The van der Waals surface area contributed by atoms with E-state index in [1.54, 1.807) is 12.3 Å². The Morgan fingerprint density at radius 1 is 1.41 bits per heavy atom. The highest BCUT2D eigenvalue weighted by atomic mass is 19.3. The number of rotatable bonds is 7. The molecule has 4 N–H and O–H groups in total. The highest BCUT2D eigenvalue weighted by Crippen LogP contribution is 2.10. The van der Waals surface area contributed by atoms with Gasteiger partial charge in [-0.1, -0.05) is 6.07 Å². The van der Waals surface area contributed by atoms with Crippen LogP contribution in [0.2, 0.25) is 0 Å². The number of hydrogen-bond donors (Lipinski definition) is 2. The minimum absolute atomic E-state index is 0.167. The van der Waals surface area contributed by atoms with E-state index in [9.17, 15) is 8.78 Å². The van der Waals surface area contributed by atoms with E-state index < -0.39 is 13.0 Å². The van der Waals surface area contributed by atoms with E-state index in [1.807, 2.05) is 6.07 Å². The number of ether oxygens (including phenoxy) is 1. The number of alkyl halides is 2. The van der Waals surface area contributed by atoms with Crippen LogP contribution < -0.4 is 11.5 Å². The SMILES string of the molecule is Nc1ncccc1CC(N)CCOCC(F)F. The summed E-state index contributed by atoms with van der Waals surface area (Å²) in [6.45, 7) is -0.312. The maximum atomic E-state index is 11.8. The molecule has 1 unspecified atom stereocenters. The lowest BCUT2D eigenvalue weighted by atomic mass is 10.1. The van der Waals surface area contributed by atoms with Crippen molar-refractivity contribution in [1.29, 1.82) is 0 Å². The lowest BCUT2D eigenvalue weighted by Crippen LogP contribution is -2.25. The minimum atomic E-state index is -2.43. The maximum absolute atomic E-state index is 11.8. The van der Waals surface area contributed by atoms with Crippen LogP contribution in [0.4, 0.5) is 14.6 Å². The lowest BCUT2D eigenvalue weighted by molar-refractivity contribution is 0.0153. The van der Waals surface area contributed by atoms with E-state index in [-0.39, 0.29) is 12.6 Å². The van der Waals surface area contributed by atoms with Gasteiger partial charge < -0.3 is 16.2 Å². The number of pyridine rings is 1. The quantitative estimate of drug-likeness (QED) is 0.708. The Morgan fingerprint density at radius 3 is 2.82 bits per heavy atom. The molecule has 0 fully saturated rings. The standard InChI is InChI=1S/C11H17F2N3O/c12-10(13)7-17-5-3-9(14)6-8-2-1-4-16-11(8)15/h1-2,4,9-10H,3,5-7,14H2,(H2,15,16). The number of nitrogen functional groups attached to an aromatic ring is 1. The second kappa shape index (κ2) is 7.13. The number of halogens is 2. The topological polar surface area (TPSA) is 74.2 Å². The number of aromatic nitrogens is 1. The molecule has 0 aliphatic rings. The van der Waals surface area contributed by atoms with Gasteiger partial charge in [0.1, 0.15) is 12.4 Å². The Kier molecular flexibility index (Phi) is 5.79. The molecule has 0 amide bonds. The minimum Gasteiger partial charge on any atom is -0.383 e. The fourth-order valence-electron chi connectivity index (χ4n) is 1.42. The molecule has 1 rings (SSSR count). The third-order valence-electron chi connectivity index (χ3n) is 2.29. The van der Waals surface area contributed by atoms with Crippen molar-refractivity contribution in [3.63, 3.8) is 0 Å². The van der Waals surface area contributed by atoms with Crippen molar-refractivity contribution in [2.45, 2.75) is 25.3 Å². The summed E-state index contributed by atoms with van der Waals surface area (Å²) in [5.41, 5.74) is 12.4. The zero-order valence-corrected chi connectivity index (χ0v) is 9.48. The van der Waals surface area contributed by atoms with Crippen molar-refractivity contribution in [3.8, 4) is 0 Å². The molecular weight excluding hydrogens is 228 g/mol. The van der Waals surface area contributed by atoms with Gasteiger partial charge >= 0.3 is 0 Å². The van der Waals surface area contributed by atoms with Crippen molar-refractivity contribution < 1.29 is 13.5 Å². The molecule has 17 heavy (non-hydrogen) atoms. The van der Waals surface area contributed by atoms with Crippen LogP contribution in [0.25, 0.3) is 0 Å². The summed E-state index contributed by atoms with van der Waals surface area (Å²) in [6.07, 6.45) is 0.259. The molecule has 0 saturated carbocycles. The van der Waals surface area contributed by atoms with E-state index in [0.29, 0.717) is 18.7 Å². The third kappa shape index (κ3) is 5.55. The van der Waals surface area contributed by atoms with Crippen LogP contribution in [0.15, 0.2) is 18.3 Å². The highest BCUT2D eigenvalue weighted by Gasteiger charge is 2.08. The van der Waals surface area contributed by atoms with Gasteiger partial charge in [-0.25, -0.2) is 13.8 Å². The predicted molar refractivity (Wildman–Crippen MR) is 61.8 cm³/mol. The van der Waals surface area contributed by atoms with Crippen LogP contribution in [0.5, 0.6) is 0 Å². The largest absolute Gasteiger partial charge is 0.383 e. The van der Waals surface area contributed by atoms with Crippen molar-refractivity contribution in [2.75, 3.05) is 18.9 Å². The van der Waals surface area contributed by atoms with E-state index >= 15 is 0 Å². The van der Waals surface area contributed by atoms with E-state index in [4.69, 9.17) is 16.2 Å². The molecule has 0 saturated heterocycles. The van der Waals surface area contributed by atoms with Crippen molar-refractivity contribution >= 4 is 5.82 Å². The molecule has 1 aromatic heterocycles. The molecule has 1 aromatic rings. The van der Waals surface area contributed by atoms with Crippen LogP contribution in [-0.2, 0) is 11.2 Å². The normalized spacial score (nSPS) is 12.9. The molecule has 0 bridgehead atoms. The summed E-state index contributed by atoms with van der Waals surface area (Å²) in [5, 5.41) is 0. The van der Waals surface area contributed by atoms with Crippen LogP contribution in [0.3, 0.4) is 0 Å². The van der Waals surface area contributed by atoms with Gasteiger partial charge in [-0.05, 0) is 24.5 Å². The first kappa shape index (κ1) is 13.8. The van der Waals surface area contributed by atoms with E-state index in [0.717, 1.165) is 5.56 Å². The Morgan fingerprint density at radius 2 is 2.18 bits per heavy atom. The van der Waals surface area contributed by atoms with Crippen molar-refractivity contribution in [3.05, 3.63) is 23.9 Å². The maximum Gasteiger partial charge on any atom is 0.261 e. The van der Waals surface area contributed by atoms with Crippen LogP contribution in [0.1, 0.15) is 12.0 Å². The van der Waals surface area contributed by atoms with Crippen LogP contribution >= 0.6 is 0 Å². The summed E-state index contributed by atoms with van der Waals surface area (Å²) in [4.78, 5) is 3.94. The Bertz CT molecular complexity index is 336. The van der Waals surface area contributed by atoms with Crippen LogP contribution in [-0.4, -0.2) is 30.7 Å². The molecule has 0 aliphatic heterocycles. The predicted octanol–water partition coefficient (Wildman–Crippen LogP) is 1.21. The summed E-state index contributed by atoms with van der Waals surface area (Å²) >= 11 is 0. The first-order valence-corrected chi connectivity index (χ1v) is 5.40. The van der Waals surface area contributed by atoms with Gasteiger partial charge in [0.25, 0.3) is 6.43 Å². The van der Waals surface area contributed by atoms with Gasteiger partial charge in [0.2, 0.25) is 0 Å². The van der Waals surface area contributed by atoms with Gasteiger partial charge in [0, 0.05) is 18.8 Å². The number of nitrogens with zero attached hydrogens (tertiary/aromatic N) is 1. The first-order valence-electron chi connectivity index (χ1n) is 5.40. The summed E-state index contributed by atoms with van der Waals surface area (Å²) in [7, 11) is 0. The zero-order chi connectivity index (χ0) is 12.7. The molecule has 1 atom stereocenters. The average Bonchev–Trinajstić information content (AvgIpc) is 2.27. The smallest absolute Gasteiger partial charge is 0.261 e. The van der Waals surface area contributed by atoms with Crippen LogP contribution in [0, 0.1) is 0 Å². The van der Waals surface area contributed by atoms with E-state index in [1.165, 1.54) is 0 Å². The first-order chi connectivity index (χ1) is 8.09. The molecule has 0 spiro atoms. The Labute approximate surface area is 99.0 Å². The Balaban J connectivity index is 2.25. The summed E-state index contributed by atoms with van der Waals surface area (Å²) in [5.74, 6) is 0.455. The summed E-state index contributed by atoms with van der Waals surface area (Å²) in [6, 6.07) is 3.47. The molecule has 96 valence electrons. The molecule has 0 aliphatic carbocycles. The van der Waals surface area contributed by atoms with Crippen molar-refractivity contribution in [2.24, 2.45) is 5.73 Å². The molecular formula is C11H17F2N3O. The van der Waals surface area contributed by atoms with Gasteiger partial charge in [-0.15, -0.1) is 0 Å². The van der Waals surface area contributed by atoms with Crippen molar-refractivity contribution in [1.82, 2.24) is 4.98 Å². The van der Waals surface area contributed by atoms with E-state index in [2.05, 4.69) is 4.98 Å². The third-order valence-corrected chi connectivity index (χ3v) is 2.29. The zero-order valence-electron chi connectivity index (χ0n) is 9.48. The average molecular weight is 245 g/mol. The number of anilines is 1. The fourth-order valence-corrected chi connectivity index (χ4v) is 1.42. The highest BCUT2D eigenvalue weighted by molar-refractivity contribution is 5.38. The molecule has 6 heteroatoms. The second-order valence-corrected chi connectivity index (χ2v) is 3.77. The summed E-state index contributed by atoms with van der Waals surface area (Å²) < 4.78 is 28.3. The number of nitrogens with two attached hydrogens (primary N) is 2. The fraction of sp³-hybridized carbons (Fsp3) is 0.545. The molecule has 0 radical (unpaired) electrons. The van der Waals surface area contributed by atoms with Gasteiger partial charge in [-0.2, -0.15) is 0 Å². The monoisotopic (exact) mass is 245 g/mol. The molecule has 4 nitrogen and oxygen atoms in total. The van der Waals surface area contributed by atoms with Gasteiger partial charge in [0.05, 0.1) is 0 Å².